The van der Waals surface area contributed by atoms with Crippen LogP contribution in [0.25, 0.3) is 0 Å². The number of carboxylic acids is 1. The lowest BCUT2D eigenvalue weighted by Crippen LogP contribution is -2.49. The topological polar surface area (TPSA) is 92.4 Å². The quantitative estimate of drug-likeness (QED) is 0.758. The Labute approximate surface area is 119 Å². The van der Waals surface area contributed by atoms with Gasteiger partial charge in [0.05, 0.1) is 12.0 Å². The summed E-state index contributed by atoms with van der Waals surface area (Å²) in [4.78, 5) is 23.2. The predicted molar refractivity (Wildman–Crippen MR) is 77.3 cm³/mol. The summed E-state index contributed by atoms with van der Waals surface area (Å²) in [6.45, 7) is 5.62. The van der Waals surface area contributed by atoms with E-state index in [0.29, 0.717) is 5.56 Å². The van der Waals surface area contributed by atoms with E-state index in [-0.39, 0.29) is 17.9 Å². The maximum absolute atomic E-state index is 11.9. The molecule has 4 N–H and O–H groups in total. The molecule has 20 heavy (non-hydrogen) atoms. The highest BCUT2D eigenvalue weighted by Crippen LogP contribution is 2.18. The van der Waals surface area contributed by atoms with E-state index in [1.165, 1.54) is 0 Å². The summed E-state index contributed by atoms with van der Waals surface area (Å²) in [5.41, 5.74) is 6.13. The van der Waals surface area contributed by atoms with E-state index in [4.69, 9.17) is 5.73 Å². The van der Waals surface area contributed by atoms with Crippen LogP contribution < -0.4 is 11.1 Å². The molecule has 0 heterocycles. The van der Waals surface area contributed by atoms with E-state index >= 15 is 0 Å². The Morgan fingerprint density at radius 3 is 2.25 bits per heavy atom. The first kappa shape index (κ1) is 16.2. The average molecular weight is 278 g/mol. The van der Waals surface area contributed by atoms with Gasteiger partial charge in [0, 0.05) is 6.54 Å². The van der Waals surface area contributed by atoms with E-state index in [0.717, 1.165) is 0 Å². The zero-order valence-corrected chi connectivity index (χ0v) is 12.1. The highest BCUT2D eigenvalue weighted by molar-refractivity contribution is 5.83. The molecule has 0 aliphatic rings. The van der Waals surface area contributed by atoms with E-state index in [2.05, 4.69) is 5.32 Å². The van der Waals surface area contributed by atoms with E-state index in [1.54, 1.807) is 24.3 Å². The third-order valence-electron chi connectivity index (χ3n) is 3.20. The van der Waals surface area contributed by atoms with Crippen LogP contribution in [0.5, 0.6) is 0 Å². The molecule has 0 saturated carbocycles. The van der Waals surface area contributed by atoms with Crippen LogP contribution in [0.2, 0.25) is 0 Å². The molecule has 0 aliphatic heterocycles. The lowest BCUT2D eigenvalue weighted by atomic mass is 9.87. The predicted octanol–water partition coefficient (Wildman–Crippen LogP) is 1.34. The van der Waals surface area contributed by atoms with Crippen LogP contribution in [0.3, 0.4) is 0 Å². The monoisotopic (exact) mass is 278 g/mol. The highest BCUT2D eigenvalue weighted by atomic mass is 16.4. The Morgan fingerprint density at radius 2 is 1.80 bits per heavy atom. The Kier molecular flexibility index (Phi) is 5.27. The standard InChI is InChI=1S/C15H22N2O3/c1-15(2,3)12(16)13(18)17-9-11(14(19)20)10-7-5-4-6-8-10/h4-8,11-12H,9,16H2,1-3H3,(H,17,18)(H,19,20)/t11?,12-/m1/s1. The maximum atomic E-state index is 11.9. The lowest BCUT2D eigenvalue weighted by molar-refractivity contribution is -0.138. The molecule has 1 amide bonds. The van der Waals surface area contributed by atoms with Crippen molar-refractivity contribution < 1.29 is 14.7 Å². The average Bonchev–Trinajstić information content (AvgIpc) is 2.37. The fourth-order valence-electron chi connectivity index (χ4n) is 1.74. The Balaban J connectivity index is 2.70. The zero-order valence-electron chi connectivity index (χ0n) is 12.1. The zero-order chi connectivity index (χ0) is 15.3. The minimum atomic E-state index is -0.971. The SMILES string of the molecule is CC(C)(C)[C@H](N)C(=O)NCC(C(=O)O)c1ccccc1. The minimum absolute atomic E-state index is 0.0297. The Morgan fingerprint density at radius 1 is 1.25 bits per heavy atom. The van der Waals surface area contributed by atoms with E-state index in [1.807, 2.05) is 26.8 Å². The molecule has 5 heteroatoms. The van der Waals surface area contributed by atoms with Crippen LogP contribution in [0.4, 0.5) is 0 Å². The second-order valence-corrected chi connectivity index (χ2v) is 5.89. The van der Waals surface area contributed by atoms with Gasteiger partial charge in [-0.1, -0.05) is 51.1 Å². The highest BCUT2D eigenvalue weighted by Gasteiger charge is 2.28. The number of rotatable bonds is 5. The van der Waals surface area contributed by atoms with Gasteiger partial charge in [-0.3, -0.25) is 9.59 Å². The molecule has 2 atom stereocenters. The van der Waals surface area contributed by atoms with Crippen LogP contribution >= 0.6 is 0 Å². The summed E-state index contributed by atoms with van der Waals surface area (Å²) in [6, 6.07) is 8.15. The molecule has 0 fully saturated rings. The molecule has 0 aliphatic carbocycles. The van der Waals surface area contributed by atoms with Gasteiger partial charge in [-0.25, -0.2) is 0 Å². The van der Waals surface area contributed by atoms with Gasteiger partial charge in [0.15, 0.2) is 0 Å². The molecular weight excluding hydrogens is 256 g/mol. The number of carboxylic acid groups (broad SMARTS) is 1. The Hall–Kier alpha value is -1.88. The number of benzene rings is 1. The number of carbonyl (C=O) groups is 2. The van der Waals surface area contributed by atoms with Crippen molar-refractivity contribution in [1.82, 2.24) is 5.32 Å². The largest absolute Gasteiger partial charge is 0.481 e. The molecule has 5 nitrogen and oxygen atoms in total. The first-order chi connectivity index (χ1) is 9.23. The number of nitrogens with one attached hydrogen (secondary N) is 1. The van der Waals surface area contributed by atoms with Crippen LogP contribution in [0.1, 0.15) is 32.3 Å². The minimum Gasteiger partial charge on any atom is -0.481 e. The summed E-state index contributed by atoms with van der Waals surface area (Å²) in [6.07, 6.45) is 0. The molecule has 0 aromatic heterocycles. The van der Waals surface area contributed by atoms with Gasteiger partial charge < -0.3 is 16.2 Å². The maximum Gasteiger partial charge on any atom is 0.312 e. The van der Waals surface area contributed by atoms with Gasteiger partial charge >= 0.3 is 5.97 Å². The van der Waals surface area contributed by atoms with Gasteiger partial charge in [-0.15, -0.1) is 0 Å². The van der Waals surface area contributed by atoms with Gasteiger partial charge in [-0.2, -0.15) is 0 Å². The van der Waals surface area contributed by atoms with E-state index in [9.17, 15) is 14.7 Å². The third-order valence-corrected chi connectivity index (χ3v) is 3.20. The lowest BCUT2D eigenvalue weighted by Gasteiger charge is -2.26. The summed E-state index contributed by atoms with van der Waals surface area (Å²) in [7, 11) is 0. The van der Waals surface area contributed by atoms with Crippen LogP contribution in [0.15, 0.2) is 30.3 Å². The van der Waals surface area contributed by atoms with Crippen molar-refractivity contribution >= 4 is 11.9 Å². The van der Waals surface area contributed by atoms with Crippen molar-refractivity contribution in [2.75, 3.05) is 6.54 Å². The van der Waals surface area contributed by atoms with Crippen LogP contribution in [-0.4, -0.2) is 29.6 Å². The molecule has 1 aromatic rings. The second kappa shape index (κ2) is 6.52. The summed E-state index contributed by atoms with van der Waals surface area (Å²) in [5.74, 6) is -2.08. The molecule has 110 valence electrons. The summed E-state index contributed by atoms with van der Waals surface area (Å²) < 4.78 is 0. The van der Waals surface area contributed by atoms with Gasteiger partial charge in [0.2, 0.25) is 5.91 Å². The van der Waals surface area contributed by atoms with Crippen molar-refractivity contribution in [2.45, 2.75) is 32.7 Å². The fraction of sp³-hybridized carbons (Fsp3) is 0.467. The van der Waals surface area contributed by atoms with Crippen LogP contribution in [0, 0.1) is 5.41 Å². The molecule has 0 bridgehead atoms. The van der Waals surface area contributed by atoms with Crippen LogP contribution in [-0.2, 0) is 9.59 Å². The first-order valence-electron chi connectivity index (χ1n) is 6.54. The second-order valence-electron chi connectivity index (χ2n) is 5.89. The number of hydrogen-bond acceptors (Lipinski definition) is 3. The Bertz CT molecular complexity index is 466. The van der Waals surface area contributed by atoms with Gasteiger partial charge in [-0.05, 0) is 11.0 Å². The number of aliphatic carboxylic acids is 1. The third kappa shape index (κ3) is 4.35. The first-order valence-corrected chi connectivity index (χ1v) is 6.54. The molecular formula is C15H22N2O3. The number of nitrogens with two attached hydrogens (primary N) is 1. The summed E-state index contributed by atoms with van der Waals surface area (Å²) in [5, 5.41) is 11.9. The molecule has 1 rings (SSSR count). The van der Waals surface area contributed by atoms with Crippen molar-refractivity contribution in [3.8, 4) is 0 Å². The number of amides is 1. The fourth-order valence-corrected chi connectivity index (χ4v) is 1.74. The molecule has 0 radical (unpaired) electrons. The van der Waals surface area contributed by atoms with Crippen molar-refractivity contribution in [3.63, 3.8) is 0 Å². The summed E-state index contributed by atoms with van der Waals surface area (Å²) >= 11 is 0. The molecule has 0 spiro atoms. The van der Waals surface area contributed by atoms with Gasteiger partial charge in [0.25, 0.3) is 0 Å². The van der Waals surface area contributed by atoms with E-state index < -0.39 is 17.9 Å². The smallest absolute Gasteiger partial charge is 0.312 e. The van der Waals surface area contributed by atoms with Crippen molar-refractivity contribution in [1.29, 1.82) is 0 Å². The molecule has 1 aromatic carbocycles. The van der Waals surface area contributed by atoms with Gasteiger partial charge in [0.1, 0.15) is 0 Å². The number of carbonyl (C=O) groups excluding carboxylic acids is 1. The normalized spacial score (nSPS) is 14.4. The van der Waals surface area contributed by atoms with Crippen molar-refractivity contribution in [2.24, 2.45) is 11.1 Å². The molecule has 0 saturated heterocycles. The van der Waals surface area contributed by atoms with Crippen molar-refractivity contribution in [3.05, 3.63) is 35.9 Å². The molecule has 1 unspecified atom stereocenters. The number of hydrogen-bond donors (Lipinski definition) is 3.